The smallest absolute Gasteiger partial charge is 0.507 e. The fourth-order valence-corrected chi connectivity index (χ4v) is 3.57. The highest BCUT2D eigenvalue weighted by atomic mass is 19.4. The number of aromatic hydroxyl groups is 1. The number of rotatable bonds is 8. The second kappa shape index (κ2) is 9.80. The first-order valence-electron chi connectivity index (χ1n) is 9.92. The normalized spacial score (nSPS) is 12.4. The van der Waals surface area contributed by atoms with Crippen LogP contribution in [-0.4, -0.2) is 39.1 Å². The van der Waals surface area contributed by atoms with Crippen LogP contribution in [-0.2, 0) is 22.5 Å². The third-order valence-electron chi connectivity index (χ3n) is 5.15. The van der Waals surface area contributed by atoms with Crippen molar-refractivity contribution in [3.8, 4) is 11.5 Å². The van der Waals surface area contributed by atoms with Crippen LogP contribution in [0.1, 0.15) is 34.9 Å². The van der Waals surface area contributed by atoms with E-state index >= 15 is 0 Å². The Kier molecular flexibility index (Phi) is 7.10. The van der Waals surface area contributed by atoms with E-state index < -0.39 is 29.6 Å². The summed E-state index contributed by atoms with van der Waals surface area (Å²) >= 11 is 0. The molecule has 0 aliphatic heterocycles. The Hall–Kier alpha value is -3.76. The lowest BCUT2D eigenvalue weighted by Gasteiger charge is -2.21. The van der Waals surface area contributed by atoms with Gasteiger partial charge in [0, 0.05) is 36.5 Å². The summed E-state index contributed by atoms with van der Waals surface area (Å²) in [5.41, 5.74) is 1.08. The van der Waals surface area contributed by atoms with Crippen LogP contribution in [0.5, 0.6) is 11.5 Å². The molecule has 0 amide bonds. The summed E-state index contributed by atoms with van der Waals surface area (Å²) in [6.07, 6.45) is -1.54. The Bertz CT molecular complexity index is 1160. The van der Waals surface area contributed by atoms with Gasteiger partial charge in [-0.1, -0.05) is 12.1 Å². The minimum absolute atomic E-state index is 0.0555. The van der Waals surface area contributed by atoms with E-state index in [9.17, 15) is 27.9 Å². The van der Waals surface area contributed by atoms with Crippen LogP contribution in [0.25, 0.3) is 0 Å². The van der Waals surface area contributed by atoms with Gasteiger partial charge in [-0.3, -0.25) is 9.59 Å². The first kappa shape index (κ1) is 23.9. The Labute approximate surface area is 186 Å². The monoisotopic (exact) mass is 465 g/mol. The van der Waals surface area contributed by atoms with Gasteiger partial charge in [0.05, 0.1) is 25.4 Å². The molecule has 0 saturated heterocycles. The summed E-state index contributed by atoms with van der Waals surface area (Å²) in [6, 6.07) is 6.18. The maximum absolute atomic E-state index is 13.4. The molecule has 1 aromatic carbocycles. The molecule has 1 atom stereocenters. The quantitative estimate of drug-likeness (QED) is 0.494. The van der Waals surface area contributed by atoms with Gasteiger partial charge in [0.25, 0.3) is 5.56 Å². The van der Waals surface area contributed by atoms with Crippen molar-refractivity contribution < 1.29 is 32.5 Å². The summed E-state index contributed by atoms with van der Waals surface area (Å²) < 4.78 is 47.5. The fraction of sp³-hybridized carbons (Fsp3) is 0.318. The van der Waals surface area contributed by atoms with E-state index in [0.717, 1.165) is 17.8 Å². The highest BCUT2D eigenvalue weighted by Crippen LogP contribution is 2.34. The summed E-state index contributed by atoms with van der Waals surface area (Å²) in [5, 5.41) is 10.6. The average molecular weight is 465 g/mol. The highest BCUT2D eigenvalue weighted by Gasteiger charge is 2.31. The molecule has 2 heterocycles. The molecule has 0 unspecified atom stereocenters. The maximum atomic E-state index is 13.4. The molecular formula is C22H22F3N3O5. The number of ether oxygens (including phenoxy) is 2. The second-order valence-corrected chi connectivity index (χ2v) is 7.32. The molecule has 0 spiro atoms. The third-order valence-corrected chi connectivity index (χ3v) is 5.15. The molecule has 176 valence electrons. The standard InChI is InChI=1S/C22H22F3N3O5/c1-13-9-18(29)20(21(31)28(13)8-7-15-11-26-12-27-15)17(10-19(30)32-2)14-3-5-16(6-4-14)33-22(23,24)25/h3-6,9,11-12,17,29H,7-8,10H2,1-2H3,(H,26,27)/t17-/m1/s1. The second-order valence-electron chi connectivity index (χ2n) is 7.32. The number of nitrogens with zero attached hydrogens (tertiary/aromatic N) is 2. The maximum Gasteiger partial charge on any atom is 0.573 e. The van der Waals surface area contributed by atoms with Gasteiger partial charge >= 0.3 is 12.3 Å². The van der Waals surface area contributed by atoms with E-state index in [1.165, 1.54) is 36.2 Å². The Morgan fingerprint density at radius 1 is 1.27 bits per heavy atom. The lowest BCUT2D eigenvalue weighted by atomic mass is 9.88. The molecule has 0 aliphatic rings. The number of esters is 1. The Balaban J connectivity index is 2.02. The van der Waals surface area contributed by atoms with E-state index in [1.54, 1.807) is 13.1 Å². The Morgan fingerprint density at radius 3 is 2.55 bits per heavy atom. The SMILES string of the molecule is COC(=O)C[C@H](c1ccc(OC(F)(F)F)cc1)c1c(O)cc(C)n(CCc2cnc[nH]2)c1=O. The average Bonchev–Trinajstić information content (AvgIpc) is 3.25. The lowest BCUT2D eigenvalue weighted by Crippen LogP contribution is -2.29. The van der Waals surface area contributed by atoms with Crippen molar-refractivity contribution in [3.05, 3.63) is 75.7 Å². The van der Waals surface area contributed by atoms with Crippen LogP contribution in [0.3, 0.4) is 0 Å². The van der Waals surface area contributed by atoms with Crippen LogP contribution >= 0.6 is 0 Å². The molecule has 8 nitrogen and oxygen atoms in total. The summed E-state index contributed by atoms with van der Waals surface area (Å²) in [6.45, 7) is 1.94. The number of hydrogen-bond acceptors (Lipinski definition) is 6. The number of H-pyrrole nitrogens is 1. The number of aromatic amines is 1. The number of carbonyl (C=O) groups excluding carboxylic acids is 1. The number of carbonyl (C=O) groups is 1. The number of methoxy groups -OCH3 is 1. The largest absolute Gasteiger partial charge is 0.573 e. The number of nitrogens with one attached hydrogen (secondary N) is 1. The molecule has 0 saturated carbocycles. The van der Waals surface area contributed by atoms with Crippen LogP contribution in [0, 0.1) is 6.92 Å². The Morgan fingerprint density at radius 2 is 1.97 bits per heavy atom. The molecule has 33 heavy (non-hydrogen) atoms. The van der Waals surface area contributed by atoms with Gasteiger partial charge in [0.2, 0.25) is 0 Å². The zero-order valence-electron chi connectivity index (χ0n) is 17.8. The van der Waals surface area contributed by atoms with E-state index in [0.29, 0.717) is 17.7 Å². The summed E-state index contributed by atoms with van der Waals surface area (Å²) in [5.74, 6) is -2.38. The molecule has 0 aliphatic carbocycles. The summed E-state index contributed by atoms with van der Waals surface area (Å²) in [4.78, 5) is 32.3. The van der Waals surface area contributed by atoms with Crippen molar-refractivity contribution in [1.29, 1.82) is 0 Å². The predicted octanol–water partition coefficient (Wildman–Crippen LogP) is 3.42. The van der Waals surface area contributed by atoms with Crippen LogP contribution in [0.2, 0.25) is 0 Å². The third kappa shape index (κ3) is 5.93. The fourth-order valence-electron chi connectivity index (χ4n) is 3.57. The van der Waals surface area contributed by atoms with Crippen LogP contribution in [0.15, 0.2) is 47.7 Å². The van der Waals surface area contributed by atoms with Crippen LogP contribution in [0.4, 0.5) is 13.2 Å². The molecule has 2 aromatic heterocycles. The summed E-state index contributed by atoms with van der Waals surface area (Å²) in [7, 11) is 1.18. The first-order chi connectivity index (χ1) is 15.6. The van der Waals surface area contributed by atoms with E-state index in [2.05, 4.69) is 14.7 Å². The number of alkyl halides is 3. The predicted molar refractivity (Wildman–Crippen MR) is 111 cm³/mol. The topological polar surface area (TPSA) is 106 Å². The van der Waals surface area contributed by atoms with Gasteiger partial charge in [-0.15, -0.1) is 13.2 Å². The number of pyridine rings is 1. The number of hydrogen-bond donors (Lipinski definition) is 2. The van der Waals surface area contributed by atoms with Crippen molar-refractivity contribution in [3.63, 3.8) is 0 Å². The molecular weight excluding hydrogens is 443 g/mol. The molecule has 0 fully saturated rings. The van der Waals surface area contributed by atoms with Gasteiger partial charge in [-0.05, 0) is 30.7 Å². The number of aromatic nitrogens is 3. The molecule has 2 N–H and O–H groups in total. The van der Waals surface area contributed by atoms with Gasteiger partial charge in [0.1, 0.15) is 11.5 Å². The molecule has 3 aromatic rings. The van der Waals surface area contributed by atoms with Gasteiger partial charge < -0.3 is 24.1 Å². The molecule has 11 heteroatoms. The zero-order chi connectivity index (χ0) is 24.2. The molecule has 0 bridgehead atoms. The van der Waals surface area contributed by atoms with Gasteiger partial charge in [-0.2, -0.15) is 0 Å². The van der Waals surface area contributed by atoms with Gasteiger partial charge in [-0.25, -0.2) is 4.98 Å². The van der Waals surface area contributed by atoms with Crippen molar-refractivity contribution >= 4 is 5.97 Å². The van der Waals surface area contributed by atoms with E-state index in [4.69, 9.17) is 4.74 Å². The first-order valence-corrected chi connectivity index (χ1v) is 9.92. The van der Waals surface area contributed by atoms with E-state index in [-0.39, 0.29) is 24.3 Å². The molecule has 0 radical (unpaired) electrons. The zero-order valence-corrected chi connectivity index (χ0v) is 17.8. The number of benzene rings is 1. The van der Waals surface area contributed by atoms with Gasteiger partial charge in [0.15, 0.2) is 0 Å². The number of aryl methyl sites for hydroxylation is 2. The highest BCUT2D eigenvalue weighted by molar-refractivity contribution is 5.71. The minimum atomic E-state index is -4.86. The minimum Gasteiger partial charge on any atom is -0.507 e. The molecule has 3 rings (SSSR count). The number of imidazole rings is 1. The number of halogens is 3. The van der Waals surface area contributed by atoms with Crippen molar-refractivity contribution in [2.45, 2.75) is 38.6 Å². The van der Waals surface area contributed by atoms with Crippen molar-refractivity contribution in [2.75, 3.05) is 7.11 Å². The van der Waals surface area contributed by atoms with Crippen molar-refractivity contribution in [2.24, 2.45) is 0 Å². The van der Waals surface area contributed by atoms with Crippen LogP contribution < -0.4 is 10.3 Å². The van der Waals surface area contributed by atoms with Crippen molar-refractivity contribution in [1.82, 2.24) is 14.5 Å². The van der Waals surface area contributed by atoms with E-state index in [1.807, 2.05) is 0 Å². The lowest BCUT2D eigenvalue weighted by molar-refractivity contribution is -0.274.